The second-order valence-corrected chi connectivity index (χ2v) is 12.8. The summed E-state index contributed by atoms with van der Waals surface area (Å²) in [6.07, 6.45) is -2.17. The molecule has 2 aromatic carbocycles. The normalized spacial score (nSPS) is 14.6. The number of thiazole rings is 1. The van der Waals surface area contributed by atoms with Crippen molar-refractivity contribution in [3.63, 3.8) is 0 Å². The highest BCUT2D eigenvalue weighted by Gasteiger charge is 2.38. The minimum absolute atomic E-state index is 0.00701. The van der Waals surface area contributed by atoms with Crippen molar-refractivity contribution in [3.8, 4) is 0 Å². The zero-order valence-corrected chi connectivity index (χ0v) is 23.6. The average molecular weight is 603 g/mol. The standard InChI is InChI=1S/C25H26ClF3N4O4S2/c1-25(2,3)37-24(34)33(23-13-38-14-31-23)39(35,36)22-7-18(26)21(8-20(22)29)30-9-17-15(5-4-6-19(17)28)10-32-11-16(27)12-32/h4-8,13-14,16,30H,9-12H2,1-3H3. The second kappa shape index (κ2) is 11.3. The van der Waals surface area contributed by atoms with E-state index < -0.39 is 44.4 Å². The summed E-state index contributed by atoms with van der Waals surface area (Å²) in [6, 6.07) is 6.25. The van der Waals surface area contributed by atoms with Gasteiger partial charge in [-0.2, -0.15) is 0 Å². The zero-order valence-electron chi connectivity index (χ0n) is 21.3. The molecular weight excluding hydrogens is 577 g/mol. The number of amides is 1. The van der Waals surface area contributed by atoms with Crippen molar-refractivity contribution >= 4 is 50.6 Å². The number of hydrogen-bond donors (Lipinski definition) is 1. The smallest absolute Gasteiger partial charge is 0.430 e. The van der Waals surface area contributed by atoms with Gasteiger partial charge in [-0.05, 0) is 44.5 Å². The SMILES string of the molecule is CC(C)(C)OC(=O)N(c1cscn1)S(=O)(=O)c1cc(Cl)c(NCc2c(F)cccc2CN2CC(F)C2)cc1F. The Hall–Kier alpha value is -2.87. The number of aromatic nitrogens is 1. The van der Waals surface area contributed by atoms with Gasteiger partial charge in [-0.3, -0.25) is 4.90 Å². The highest BCUT2D eigenvalue weighted by atomic mass is 35.5. The number of carbonyl (C=O) groups is 1. The first-order valence-corrected chi connectivity index (χ1v) is 14.5. The van der Waals surface area contributed by atoms with Crippen LogP contribution in [0.3, 0.4) is 0 Å². The Kier molecular flexibility index (Phi) is 8.45. The van der Waals surface area contributed by atoms with Crippen LogP contribution in [0, 0.1) is 11.6 Å². The molecule has 2 heterocycles. The van der Waals surface area contributed by atoms with Gasteiger partial charge in [0.15, 0.2) is 5.82 Å². The Morgan fingerprint density at radius 2 is 1.97 bits per heavy atom. The topological polar surface area (TPSA) is 91.8 Å². The lowest BCUT2D eigenvalue weighted by atomic mass is 10.0. The van der Waals surface area contributed by atoms with Gasteiger partial charge in [-0.25, -0.2) is 31.4 Å². The van der Waals surface area contributed by atoms with Crippen molar-refractivity contribution in [2.75, 3.05) is 22.7 Å². The van der Waals surface area contributed by atoms with Crippen LogP contribution in [0.1, 0.15) is 31.9 Å². The van der Waals surface area contributed by atoms with Crippen LogP contribution in [0.15, 0.2) is 46.1 Å². The van der Waals surface area contributed by atoms with E-state index in [0.29, 0.717) is 12.1 Å². The lowest BCUT2D eigenvalue weighted by molar-refractivity contribution is 0.0587. The van der Waals surface area contributed by atoms with Gasteiger partial charge in [-0.15, -0.1) is 15.6 Å². The number of sulfonamides is 1. The van der Waals surface area contributed by atoms with Crippen molar-refractivity contribution in [2.45, 2.75) is 50.5 Å². The van der Waals surface area contributed by atoms with E-state index in [1.807, 2.05) is 4.90 Å². The van der Waals surface area contributed by atoms with E-state index in [4.69, 9.17) is 16.3 Å². The number of alkyl halides is 1. The molecule has 1 aliphatic rings. The molecule has 4 rings (SSSR count). The van der Waals surface area contributed by atoms with Crippen molar-refractivity contribution < 1.29 is 31.1 Å². The third-order valence-corrected chi connectivity index (χ3v) is 8.28. The fraction of sp³-hybridized carbons (Fsp3) is 0.360. The van der Waals surface area contributed by atoms with Crippen molar-refractivity contribution in [1.29, 1.82) is 0 Å². The van der Waals surface area contributed by atoms with Crippen LogP contribution in [-0.2, 0) is 27.8 Å². The van der Waals surface area contributed by atoms with Gasteiger partial charge >= 0.3 is 6.09 Å². The second-order valence-electron chi connectivity index (χ2n) is 9.88. The van der Waals surface area contributed by atoms with Gasteiger partial charge in [0.05, 0.1) is 16.2 Å². The molecule has 14 heteroatoms. The van der Waals surface area contributed by atoms with Crippen LogP contribution in [0.25, 0.3) is 0 Å². The third-order valence-electron chi connectivity index (χ3n) is 5.70. The zero-order chi connectivity index (χ0) is 28.5. The number of nitrogens with one attached hydrogen (secondary N) is 1. The summed E-state index contributed by atoms with van der Waals surface area (Å²) in [6.45, 7) is 5.43. The highest BCUT2D eigenvalue weighted by molar-refractivity contribution is 7.93. The van der Waals surface area contributed by atoms with Gasteiger partial charge < -0.3 is 10.1 Å². The van der Waals surface area contributed by atoms with Crippen LogP contribution in [0.4, 0.5) is 29.5 Å². The molecule has 1 saturated heterocycles. The summed E-state index contributed by atoms with van der Waals surface area (Å²) in [7, 11) is -4.84. The maximum atomic E-state index is 15.3. The van der Waals surface area contributed by atoms with E-state index in [2.05, 4.69) is 10.3 Å². The number of carbonyl (C=O) groups excluding carboxylic acids is 1. The van der Waals surface area contributed by atoms with E-state index >= 15 is 4.39 Å². The molecule has 1 fully saturated rings. The lowest BCUT2D eigenvalue weighted by Crippen LogP contribution is -2.47. The van der Waals surface area contributed by atoms with E-state index in [1.54, 1.807) is 32.9 Å². The average Bonchev–Trinajstić information content (AvgIpc) is 3.32. The van der Waals surface area contributed by atoms with Crippen molar-refractivity contribution in [3.05, 3.63) is 69.0 Å². The molecule has 0 spiro atoms. The summed E-state index contributed by atoms with van der Waals surface area (Å²) in [5.41, 5.74) is 1.19. The fourth-order valence-corrected chi connectivity index (χ4v) is 6.12. The van der Waals surface area contributed by atoms with Crippen LogP contribution in [0.5, 0.6) is 0 Å². The number of nitrogens with zero attached hydrogens (tertiary/aromatic N) is 3. The number of likely N-dealkylation sites (tertiary alicyclic amines) is 1. The molecule has 8 nitrogen and oxygen atoms in total. The first-order valence-electron chi connectivity index (χ1n) is 11.8. The third kappa shape index (κ3) is 6.65. The molecule has 0 bridgehead atoms. The lowest BCUT2D eigenvalue weighted by Gasteiger charge is -2.34. The molecule has 1 aromatic heterocycles. The van der Waals surface area contributed by atoms with Gasteiger partial charge in [-0.1, -0.05) is 23.7 Å². The maximum Gasteiger partial charge on any atom is 0.430 e. The largest absolute Gasteiger partial charge is 0.443 e. The molecule has 1 amide bonds. The van der Waals surface area contributed by atoms with Gasteiger partial charge in [0.1, 0.15) is 28.3 Å². The minimum Gasteiger partial charge on any atom is -0.443 e. The monoisotopic (exact) mass is 602 g/mol. The number of halogens is 4. The van der Waals surface area contributed by atoms with Crippen LogP contribution >= 0.6 is 22.9 Å². The highest BCUT2D eigenvalue weighted by Crippen LogP contribution is 2.33. The van der Waals surface area contributed by atoms with Crippen LogP contribution < -0.4 is 9.62 Å². The molecule has 210 valence electrons. The van der Waals surface area contributed by atoms with E-state index in [0.717, 1.165) is 23.5 Å². The molecule has 0 aliphatic carbocycles. The number of anilines is 2. The van der Waals surface area contributed by atoms with Crippen LogP contribution in [-0.4, -0.2) is 49.3 Å². The molecule has 1 aliphatic heterocycles. The molecule has 3 aromatic rings. The first kappa shape index (κ1) is 29.1. The van der Waals surface area contributed by atoms with Crippen molar-refractivity contribution in [2.24, 2.45) is 0 Å². The molecule has 0 unspecified atom stereocenters. The van der Waals surface area contributed by atoms with E-state index in [1.165, 1.54) is 17.0 Å². The molecule has 39 heavy (non-hydrogen) atoms. The molecule has 0 radical (unpaired) electrons. The summed E-state index contributed by atoms with van der Waals surface area (Å²) in [5.74, 6) is -1.97. The quantitative estimate of drug-likeness (QED) is 0.340. The van der Waals surface area contributed by atoms with Gasteiger partial charge in [0.25, 0.3) is 10.0 Å². The van der Waals surface area contributed by atoms with Crippen LogP contribution in [0.2, 0.25) is 5.02 Å². The Bertz CT molecular complexity index is 1460. The predicted octanol–water partition coefficient (Wildman–Crippen LogP) is 5.97. The number of ether oxygens (including phenoxy) is 1. The van der Waals surface area contributed by atoms with Gasteiger partial charge in [0, 0.05) is 37.1 Å². The fourth-order valence-electron chi connectivity index (χ4n) is 3.89. The summed E-state index contributed by atoms with van der Waals surface area (Å²) in [5, 5.41) is 3.96. The molecule has 0 saturated carbocycles. The molecule has 0 atom stereocenters. The Morgan fingerprint density at radius 1 is 1.26 bits per heavy atom. The number of benzene rings is 2. The number of hydrogen-bond acceptors (Lipinski definition) is 8. The summed E-state index contributed by atoms with van der Waals surface area (Å²) < 4.78 is 75.6. The molecule has 1 N–H and O–H groups in total. The van der Waals surface area contributed by atoms with E-state index in [-0.39, 0.29) is 46.0 Å². The van der Waals surface area contributed by atoms with Gasteiger partial charge in [0.2, 0.25) is 0 Å². The molecular formula is C25H26ClF3N4O4S2. The number of rotatable bonds is 8. The Balaban J connectivity index is 1.60. The minimum atomic E-state index is -4.84. The summed E-state index contributed by atoms with van der Waals surface area (Å²) in [4.78, 5) is 17.7. The van der Waals surface area contributed by atoms with Crippen molar-refractivity contribution in [1.82, 2.24) is 9.88 Å². The van der Waals surface area contributed by atoms with E-state index in [9.17, 15) is 22.0 Å². The maximum absolute atomic E-state index is 15.3. The summed E-state index contributed by atoms with van der Waals surface area (Å²) >= 11 is 7.35. The first-order chi connectivity index (χ1) is 18.3. The Labute approximate surface area is 233 Å². The Morgan fingerprint density at radius 3 is 2.59 bits per heavy atom. The predicted molar refractivity (Wildman–Crippen MR) is 143 cm³/mol.